The van der Waals surface area contributed by atoms with E-state index in [-0.39, 0.29) is 5.69 Å². The Morgan fingerprint density at radius 3 is 2.24 bits per heavy atom. The number of nitro benzene ring substituents is 1. The number of halogens is 1. The third-order valence-electron chi connectivity index (χ3n) is 3.75. The molecule has 1 aromatic heterocycles. The minimum Gasteiger partial charge on any atom is -0.465 e. The highest BCUT2D eigenvalue weighted by molar-refractivity contribution is 9.10. The number of carbonyl (C=O) groups is 1. The molecule has 0 amide bonds. The predicted molar refractivity (Wildman–Crippen MR) is 97.4 cm³/mol. The van der Waals surface area contributed by atoms with Crippen molar-refractivity contribution in [2.75, 3.05) is 7.11 Å². The lowest BCUT2D eigenvalue weighted by Gasteiger charge is -2.03. The van der Waals surface area contributed by atoms with Crippen molar-refractivity contribution >= 4 is 27.6 Å². The van der Waals surface area contributed by atoms with Gasteiger partial charge in [0, 0.05) is 22.3 Å². The lowest BCUT2D eigenvalue weighted by Crippen LogP contribution is -2.01. The predicted octanol–water partition coefficient (Wildman–Crippen LogP) is 4.81. The number of ether oxygens (including phenoxy) is 1. The van der Waals surface area contributed by atoms with Gasteiger partial charge in [-0.25, -0.2) is 4.79 Å². The minimum atomic E-state index is -0.456. The van der Waals surface area contributed by atoms with Crippen LogP contribution < -0.4 is 0 Å². The summed E-state index contributed by atoms with van der Waals surface area (Å²) >= 11 is 3.38. The number of esters is 1. The van der Waals surface area contributed by atoms with E-state index < -0.39 is 10.9 Å². The molecule has 0 saturated carbocycles. The van der Waals surface area contributed by atoms with Crippen LogP contribution in [0.5, 0.6) is 0 Å². The number of non-ortho nitro benzene ring substituents is 1. The maximum atomic E-state index is 12.1. The summed E-state index contributed by atoms with van der Waals surface area (Å²) in [5, 5.41) is 10.8. The zero-order valence-electron chi connectivity index (χ0n) is 13.2. The molecular formula is C18H13BrN2O4. The highest BCUT2D eigenvalue weighted by Gasteiger charge is 2.18. The molecule has 0 aliphatic heterocycles. The molecule has 0 bridgehead atoms. The van der Waals surface area contributed by atoms with E-state index in [1.54, 1.807) is 18.2 Å². The van der Waals surface area contributed by atoms with Crippen LogP contribution >= 0.6 is 15.9 Å². The number of aromatic nitrogens is 1. The first kappa shape index (κ1) is 16.9. The first-order valence-electron chi connectivity index (χ1n) is 7.31. The number of nitrogens with zero attached hydrogens (tertiary/aromatic N) is 1. The zero-order valence-corrected chi connectivity index (χ0v) is 14.7. The fourth-order valence-corrected chi connectivity index (χ4v) is 2.75. The quantitative estimate of drug-likeness (QED) is 0.386. The molecule has 25 heavy (non-hydrogen) atoms. The summed E-state index contributed by atoms with van der Waals surface area (Å²) in [7, 11) is 1.33. The SMILES string of the molecule is COC(=O)c1cc(-c2ccc([N+](=O)[O-])cc2)[nH]c1-c1ccc(Br)cc1. The van der Waals surface area contributed by atoms with Crippen LogP contribution in [0.25, 0.3) is 22.5 Å². The molecule has 0 aliphatic carbocycles. The molecule has 0 radical (unpaired) electrons. The number of rotatable bonds is 4. The third-order valence-corrected chi connectivity index (χ3v) is 4.27. The van der Waals surface area contributed by atoms with Gasteiger partial charge in [-0.15, -0.1) is 0 Å². The molecule has 1 N–H and O–H groups in total. The zero-order chi connectivity index (χ0) is 18.0. The van der Waals surface area contributed by atoms with Crippen LogP contribution in [-0.2, 0) is 4.74 Å². The lowest BCUT2D eigenvalue weighted by atomic mass is 10.1. The van der Waals surface area contributed by atoms with Gasteiger partial charge in [0.1, 0.15) is 0 Å². The standard InChI is InChI=1S/C18H13BrN2O4/c1-25-18(22)15-10-16(11-4-8-14(9-5-11)21(23)24)20-17(15)12-2-6-13(19)7-3-12/h2-10,20H,1H3. The van der Waals surface area contributed by atoms with Crippen molar-refractivity contribution in [1.82, 2.24) is 4.98 Å². The maximum absolute atomic E-state index is 12.1. The van der Waals surface area contributed by atoms with Crippen LogP contribution in [0.3, 0.4) is 0 Å². The summed E-state index contributed by atoms with van der Waals surface area (Å²) in [5.41, 5.74) is 3.28. The molecule has 0 atom stereocenters. The molecule has 3 rings (SSSR count). The Morgan fingerprint density at radius 2 is 1.68 bits per heavy atom. The fraction of sp³-hybridized carbons (Fsp3) is 0.0556. The van der Waals surface area contributed by atoms with E-state index in [9.17, 15) is 14.9 Å². The van der Waals surface area contributed by atoms with Crippen molar-refractivity contribution in [3.05, 3.63) is 74.7 Å². The van der Waals surface area contributed by atoms with Crippen LogP contribution in [-0.4, -0.2) is 23.0 Å². The summed E-state index contributed by atoms with van der Waals surface area (Å²) in [6.07, 6.45) is 0. The van der Waals surface area contributed by atoms with Gasteiger partial charge in [0.05, 0.1) is 23.3 Å². The van der Waals surface area contributed by atoms with Crippen molar-refractivity contribution in [3.8, 4) is 22.5 Å². The average Bonchev–Trinajstić information content (AvgIpc) is 3.07. The van der Waals surface area contributed by atoms with Crippen molar-refractivity contribution in [2.45, 2.75) is 0 Å². The molecule has 0 aliphatic rings. The van der Waals surface area contributed by atoms with Crippen molar-refractivity contribution in [3.63, 3.8) is 0 Å². The summed E-state index contributed by atoms with van der Waals surface area (Å²) in [6, 6.07) is 15.3. The van der Waals surface area contributed by atoms with E-state index in [0.29, 0.717) is 17.0 Å². The smallest absolute Gasteiger partial charge is 0.340 e. The Labute approximate surface area is 151 Å². The van der Waals surface area contributed by atoms with Gasteiger partial charge in [-0.1, -0.05) is 28.1 Å². The fourth-order valence-electron chi connectivity index (χ4n) is 2.49. The number of methoxy groups -OCH3 is 1. The van der Waals surface area contributed by atoms with Gasteiger partial charge in [0.15, 0.2) is 0 Å². The van der Waals surface area contributed by atoms with E-state index >= 15 is 0 Å². The topological polar surface area (TPSA) is 85.2 Å². The van der Waals surface area contributed by atoms with Gasteiger partial charge in [0.25, 0.3) is 5.69 Å². The Bertz CT molecular complexity index is 931. The van der Waals surface area contributed by atoms with Gasteiger partial charge in [0.2, 0.25) is 0 Å². The largest absolute Gasteiger partial charge is 0.465 e. The number of benzene rings is 2. The number of hydrogen-bond donors (Lipinski definition) is 1. The van der Waals surface area contributed by atoms with E-state index in [4.69, 9.17) is 4.74 Å². The van der Waals surface area contributed by atoms with E-state index in [1.165, 1.54) is 19.2 Å². The monoisotopic (exact) mass is 400 g/mol. The number of hydrogen-bond acceptors (Lipinski definition) is 4. The molecule has 126 valence electrons. The lowest BCUT2D eigenvalue weighted by molar-refractivity contribution is -0.384. The number of nitro groups is 1. The maximum Gasteiger partial charge on any atom is 0.340 e. The summed E-state index contributed by atoms with van der Waals surface area (Å²) in [6.45, 7) is 0. The molecular weight excluding hydrogens is 388 g/mol. The number of nitrogens with one attached hydrogen (secondary N) is 1. The Hall–Kier alpha value is -2.93. The highest BCUT2D eigenvalue weighted by Crippen LogP contribution is 2.31. The van der Waals surface area contributed by atoms with E-state index in [0.717, 1.165) is 15.6 Å². The Balaban J connectivity index is 2.08. The van der Waals surface area contributed by atoms with Crippen molar-refractivity contribution < 1.29 is 14.5 Å². The van der Waals surface area contributed by atoms with Gasteiger partial charge >= 0.3 is 5.97 Å². The highest BCUT2D eigenvalue weighted by atomic mass is 79.9. The normalized spacial score (nSPS) is 10.5. The summed E-state index contributed by atoms with van der Waals surface area (Å²) < 4.78 is 5.79. The van der Waals surface area contributed by atoms with Gasteiger partial charge < -0.3 is 9.72 Å². The molecule has 2 aromatic carbocycles. The average molecular weight is 401 g/mol. The first-order chi connectivity index (χ1) is 12.0. The van der Waals surface area contributed by atoms with Crippen LogP contribution in [0.4, 0.5) is 5.69 Å². The molecule has 0 fully saturated rings. The number of H-pyrrole nitrogens is 1. The number of carbonyl (C=O) groups excluding carboxylic acids is 1. The van der Waals surface area contributed by atoms with Crippen molar-refractivity contribution in [1.29, 1.82) is 0 Å². The second-order valence-electron chi connectivity index (χ2n) is 5.27. The third kappa shape index (κ3) is 3.46. The van der Waals surface area contributed by atoms with Crippen molar-refractivity contribution in [2.24, 2.45) is 0 Å². The van der Waals surface area contributed by atoms with Crippen LogP contribution in [0.2, 0.25) is 0 Å². The molecule has 1 heterocycles. The number of aromatic amines is 1. The first-order valence-corrected chi connectivity index (χ1v) is 8.11. The molecule has 7 heteroatoms. The Kier molecular flexibility index (Phi) is 4.67. The van der Waals surface area contributed by atoms with E-state index in [2.05, 4.69) is 20.9 Å². The summed E-state index contributed by atoms with van der Waals surface area (Å²) in [4.78, 5) is 25.7. The molecule has 0 saturated heterocycles. The van der Waals surface area contributed by atoms with Crippen LogP contribution in [0.15, 0.2) is 59.1 Å². The molecule has 3 aromatic rings. The second-order valence-corrected chi connectivity index (χ2v) is 6.19. The van der Waals surface area contributed by atoms with Crippen LogP contribution in [0, 0.1) is 10.1 Å². The summed E-state index contributed by atoms with van der Waals surface area (Å²) in [5.74, 6) is -0.456. The van der Waals surface area contributed by atoms with Gasteiger partial charge in [-0.3, -0.25) is 10.1 Å². The molecule has 0 spiro atoms. The molecule has 0 unspecified atom stereocenters. The van der Waals surface area contributed by atoms with Crippen LogP contribution in [0.1, 0.15) is 10.4 Å². The van der Waals surface area contributed by atoms with Gasteiger partial charge in [-0.2, -0.15) is 0 Å². The van der Waals surface area contributed by atoms with Gasteiger partial charge in [-0.05, 0) is 41.5 Å². The Morgan fingerprint density at radius 1 is 1.08 bits per heavy atom. The molecule has 6 nitrogen and oxygen atoms in total. The minimum absolute atomic E-state index is 0.0108. The van der Waals surface area contributed by atoms with E-state index in [1.807, 2.05) is 24.3 Å². The second kappa shape index (κ2) is 6.90.